The van der Waals surface area contributed by atoms with Crippen molar-refractivity contribution >= 4 is 39.2 Å². The second-order valence-corrected chi connectivity index (χ2v) is 12.6. The van der Waals surface area contributed by atoms with Gasteiger partial charge in [-0.2, -0.15) is 0 Å². The zero-order valence-corrected chi connectivity index (χ0v) is 25.8. The van der Waals surface area contributed by atoms with Gasteiger partial charge in [0.15, 0.2) is 0 Å². The Morgan fingerprint density at radius 2 is 1.02 bits per heavy atom. The van der Waals surface area contributed by atoms with Crippen LogP contribution >= 0.6 is 11.3 Å². The number of fused-ring (bicyclic) bond motifs is 3. The van der Waals surface area contributed by atoms with Crippen molar-refractivity contribution in [2.75, 3.05) is 4.90 Å². The fourth-order valence-corrected chi connectivity index (χ4v) is 7.79. The van der Waals surface area contributed by atoms with E-state index in [0.29, 0.717) is 0 Å². The molecule has 2 nitrogen and oxygen atoms in total. The number of anilines is 3. The van der Waals surface area contributed by atoms with Gasteiger partial charge in [0.1, 0.15) is 5.01 Å². The molecule has 0 bridgehead atoms. The van der Waals surface area contributed by atoms with Crippen molar-refractivity contribution in [2.45, 2.75) is 0 Å². The van der Waals surface area contributed by atoms with Crippen molar-refractivity contribution in [1.29, 1.82) is 0 Å². The Morgan fingerprint density at radius 3 is 1.76 bits per heavy atom. The fraction of sp³-hybridized carbons (Fsp3) is 0. The molecular formula is C43H28N2S. The van der Waals surface area contributed by atoms with E-state index < -0.39 is 0 Å². The summed E-state index contributed by atoms with van der Waals surface area (Å²) >= 11 is 1.79. The SMILES string of the molecule is c1ccc(-c2ccc(N(c3ccccc3)c3ccc4c5c(cccc35)-c3sc(-c5cccc(-c6ccccc6)c5)nc3-4)cc2)cc1. The first-order chi connectivity index (χ1) is 22.8. The molecule has 1 aromatic heterocycles. The molecule has 0 unspecified atom stereocenters. The van der Waals surface area contributed by atoms with Gasteiger partial charge in [0, 0.05) is 38.8 Å². The molecular weight excluding hydrogens is 577 g/mol. The first-order valence-electron chi connectivity index (χ1n) is 15.6. The smallest absolute Gasteiger partial charge is 0.124 e. The Balaban J connectivity index is 1.15. The van der Waals surface area contributed by atoms with Crippen LogP contribution in [0.25, 0.3) is 65.3 Å². The number of rotatable bonds is 6. The summed E-state index contributed by atoms with van der Waals surface area (Å²) in [5.74, 6) is 0. The van der Waals surface area contributed by atoms with Crippen molar-refractivity contribution in [3.63, 3.8) is 0 Å². The normalized spacial score (nSPS) is 11.5. The Morgan fingerprint density at radius 1 is 0.435 bits per heavy atom. The fourth-order valence-electron chi connectivity index (χ4n) is 6.68. The van der Waals surface area contributed by atoms with Crippen LogP contribution in [0.3, 0.4) is 0 Å². The lowest BCUT2D eigenvalue weighted by atomic mass is 10.0. The molecule has 3 heteroatoms. The number of para-hydroxylation sites is 1. The molecule has 46 heavy (non-hydrogen) atoms. The first kappa shape index (κ1) is 26.6. The lowest BCUT2D eigenvalue weighted by Gasteiger charge is -2.27. The molecule has 1 aliphatic carbocycles. The van der Waals surface area contributed by atoms with E-state index >= 15 is 0 Å². The largest absolute Gasteiger partial charge is 0.310 e. The molecule has 216 valence electrons. The summed E-state index contributed by atoms with van der Waals surface area (Å²) in [5.41, 5.74) is 13.0. The van der Waals surface area contributed by atoms with E-state index in [1.165, 1.54) is 49.0 Å². The quantitative estimate of drug-likeness (QED) is 0.188. The predicted octanol–water partition coefficient (Wildman–Crippen LogP) is 12.4. The monoisotopic (exact) mass is 604 g/mol. The van der Waals surface area contributed by atoms with Crippen LogP contribution in [-0.4, -0.2) is 4.98 Å². The molecule has 0 amide bonds. The van der Waals surface area contributed by atoms with Gasteiger partial charge in [0.2, 0.25) is 0 Å². The lowest BCUT2D eigenvalue weighted by molar-refractivity contribution is 1.30. The Labute approximate surface area is 272 Å². The summed E-state index contributed by atoms with van der Waals surface area (Å²) in [6.45, 7) is 0. The molecule has 0 radical (unpaired) electrons. The number of aromatic nitrogens is 1. The maximum atomic E-state index is 5.27. The molecule has 0 fully saturated rings. The second-order valence-electron chi connectivity index (χ2n) is 11.6. The number of thiazole rings is 1. The van der Waals surface area contributed by atoms with E-state index in [1.807, 2.05) is 0 Å². The summed E-state index contributed by atoms with van der Waals surface area (Å²) in [4.78, 5) is 8.89. The summed E-state index contributed by atoms with van der Waals surface area (Å²) < 4.78 is 0. The van der Waals surface area contributed by atoms with Gasteiger partial charge >= 0.3 is 0 Å². The molecule has 0 spiro atoms. The van der Waals surface area contributed by atoms with Gasteiger partial charge < -0.3 is 4.90 Å². The average Bonchev–Trinajstić information content (AvgIpc) is 3.70. The van der Waals surface area contributed by atoms with Crippen LogP contribution in [0.2, 0.25) is 0 Å². The van der Waals surface area contributed by atoms with Gasteiger partial charge in [0.25, 0.3) is 0 Å². The van der Waals surface area contributed by atoms with E-state index in [9.17, 15) is 0 Å². The van der Waals surface area contributed by atoms with Crippen molar-refractivity contribution in [3.05, 3.63) is 170 Å². The van der Waals surface area contributed by atoms with Crippen LogP contribution in [-0.2, 0) is 0 Å². The van der Waals surface area contributed by atoms with E-state index in [4.69, 9.17) is 4.98 Å². The highest BCUT2D eigenvalue weighted by Gasteiger charge is 2.28. The van der Waals surface area contributed by atoms with Crippen LogP contribution in [0.1, 0.15) is 0 Å². The summed E-state index contributed by atoms with van der Waals surface area (Å²) in [5, 5.41) is 3.56. The third-order valence-electron chi connectivity index (χ3n) is 8.85. The molecule has 0 saturated carbocycles. The number of benzene rings is 7. The maximum absolute atomic E-state index is 5.27. The Bertz CT molecular complexity index is 2310. The van der Waals surface area contributed by atoms with Gasteiger partial charge in [-0.05, 0) is 58.7 Å². The highest BCUT2D eigenvalue weighted by Crippen LogP contribution is 2.54. The Kier molecular flexibility index (Phi) is 6.36. The molecule has 0 atom stereocenters. The Hall–Kier alpha value is -5.77. The van der Waals surface area contributed by atoms with Crippen LogP contribution < -0.4 is 4.90 Å². The highest BCUT2D eigenvalue weighted by atomic mass is 32.1. The highest BCUT2D eigenvalue weighted by molar-refractivity contribution is 7.19. The zero-order valence-electron chi connectivity index (χ0n) is 25.0. The van der Waals surface area contributed by atoms with Gasteiger partial charge in [0.05, 0.1) is 16.3 Å². The summed E-state index contributed by atoms with van der Waals surface area (Å²) in [6.07, 6.45) is 0. The van der Waals surface area contributed by atoms with E-state index in [0.717, 1.165) is 33.3 Å². The van der Waals surface area contributed by atoms with Crippen molar-refractivity contribution in [2.24, 2.45) is 0 Å². The zero-order chi connectivity index (χ0) is 30.5. The molecule has 1 heterocycles. The van der Waals surface area contributed by atoms with E-state index in [1.54, 1.807) is 11.3 Å². The van der Waals surface area contributed by atoms with Crippen LogP contribution in [0.15, 0.2) is 170 Å². The first-order valence-corrected chi connectivity index (χ1v) is 16.4. The summed E-state index contributed by atoms with van der Waals surface area (Å²) in [7, 11) is 0. The van der Waals surface area contributed by atoms with Crippen LogP contribution in [0, 0.1) is 0 Å². The molecule has 8 aromatic rings. The van der Waals surface area contributed by atoms with Gasteiger partial charge in [-0.1, -0.05) is 133 Å². The topological polar surface area (TPSA) is 16.1 Å². The van der Waals surface area contributed by atoms with Crippen molar-refractivity contribution < 1.29 is 0 Å². The maximum Gasteiger partial charge on any atom is 0.124 e. The molecule has 0 saturated heterocycles. The van der Waals surface area contributed by atoms with Crippen molar-refractivity contribution in [1.82, 2.24) is 4.98 Å². The van der Waals surface area contributed by atoms with Gasteiger partial charge in [-0.15, -0.1) is 11.3 Å². The summed E-state index contributed by atoms with van der Waals surface area (Å²) in [6, 6.07) is 60.6. The number of hydrogen-bond acceptors (Lipinski definition) is 3. The minimum Gasteiger partial charge on any atom is -0.310 e. The predicted molar refractivity (Wildman–Crippen MR) is 195 cm³/mol. The molecule has 0 aliphatic heterocycles. The van der Waals surface area contributed by atoms with Crippen molar-refractivity contribution in [3.8, 4) is 54.5 Å². The third-order valence-corrected chi connectivity index (χ3v) is 9.99. The van der Waals surface area contributed by atoms with Gasteiger partial charge in [-0.3, -0.25) is 0 Å². The molecule has 1 aliphatic rings. The van der Waals surface area contributed by atoms with E-state index in [-0.39, 0.29) is 0 Å². The molecule has 9 rings (SSSR count). The number of nitrogens with zero attached hydrogens (tertiary/aromatic N) is 2. The standard InChI is InChI=1S/C43H28N2S/c1-4-12-29(13-5-1)31-22-24-35(25-23-31)45(34-18-8-3-9-19-34)39-27-26-37-40-36(39)20-11-21-38(40)42-41(37)44-43(46-42)33-17-10-16-32(28-33)30-14-6-2-7-15-30/h1-28H. The number of hydrogen-bond donors (Lipinski definition) is 0. The van der Waals surface area contributed by atoms with Gasteiger partial charge in [-0.25, -0.2) is 4.98 Å². The molecule has 0 N–H and O–H groups in total. The van der Waals surface area contributed by atoms with E-state index in [2.05, 4.69) is 175 Å². The average molecular weight is 605 g/mol. The minimum absolute atomic E-state index is 1.05. The molecule has 7 aromatic carbocycles. The minimum atomic E-state index is 1.05. The third kappa shape index (κ3) is 4.44. The van der Waals surface area contributed by atoms with Crippen LogP contribution in [0.5, 0.6) is 0 Å². The van der Waals surface area contributed by atoms with Crippen LogP contribution in [0.4, 0.5) is 17.1 Å². The second kappa shape index (κ2) is 11.0. The lowest BCUT2D eigenvalue weighted by Crippen LogP contribution is -2.10.